The van der Waals surface area contributed by atoms with Crippen molar-refractivity contribution in [3.8, 4) is 0 Å². The van der Waals surface area contributed by atoms with Gasteiger partial charge in [0.05, 0.1) is 0 Å². The molecule has 0 saturated heterocycles. The minimum atomic E-state index is -0.315. The molecule has 126 valence electrons. The molecule has 2 aliphatic rings. The number of urea groups is 1. The molecule has 1 atom stereocenters. The van der Waals surface area contributed by atoms with Crippen LogP contribution >= 0.6 is 0 Å². The van der Waals surface area contributed by atoms with Crippen LogP contribution in [0.5, 0.6) is 0 Å². The lowest BCUT2D eigenvalue weighted by molar-refractivity contribution is 0.245. The summed E-state index contributed by atoms with van der Waals surface area (Å²) in [6, 6.07) is 5.56. The smallest absolute Gasteiger partial charge is 0.319 e. The molecule has 6 heteroatoms. The largest absolute Gasteiger partial charge is 0.337 e. The molecule has 1 aromatic carbocycles. The van der Waals surface area contributed by atoms with Crippen LogP contribution in [0.15, 0.2) is 22.7 Å². The molecule has 1 saturated carbocycles. The van der Waals surface area contributed by atoms with Crippen molar-refractivity contribution in [3.63, 3.8) is 0 Å². The number of nitrogens with one attached hydrogen (secondary N) is 2. The van der Waals surface area contributed by atoms with Crippen LogP contribution in [0.3, 0.4) is 0 Å². The van der Waals surface area contributed by atoms with Crippen LogP contribution in [0.25, 0.3) is 0 Å². The first-order valence-electron chi connectivity index (χ1n) is 8.72. The van der Waals surface area contributed by atoms with Crippen LogP contribution in [0.1, 0.15) is 67.4 Å². The number of aryl methyl sites for hydroxylation is 1. The molecule has 6 nitrogen and oxygen atoms in total. The Bertz CT molecular complexity index is 751. The van der Waals surface area contributed by atoms with Gasteiger partial charge in [-0.1, -0.05) is 17.3 Å². The number of anilines is 1. The van der Waals surface area contributed by atoms with Gasteiger partial charge in [0.25, 0.3) is 0 Å². The van der Waals surface area contributed by atoms with Gasteiger partial charge in [0, 0.05) is 11.6 Å². The highest BCUT2D eigenvalue weighted by molar-refractivity contribution is 5.90. The Morgan fingerprint density at radius 2 is 2.12 bits per heavy atom. The Morgan fingerprint density at radius 1 is 1.29 bits per heavy atom. The number of aromatic nitrogens is 2. The zero-order valence-corrected chi connectivity index (χ0v) is 13.8. The molecule has 0 aliphatic heterocycles. The number of rotatable bonds is 4. The van der Waals surface area contributed by atoms with Gasteiger partial charge < -0.3 is 15.2 Å². The quantitative estimate of drug-likeness (QED) is 0.897. The van der Waals surface area contributed by atoms with E-state index in [0.29, 0.717) is 11.8 Å². The lowest BCUT2D eigenvalue weighted by atomic mass is 9.90. The third kappa shape index (κ3) is 3.13. The van der Waals surface area contributed by atoms with Crippen molar-refractivity contribution < 1.29 is 9.32 Å². The van der Waals surface area contributed by atoms with Crippen molar-refractivity contribution in [2.24, 2.45) is 0 Å². The number of carbonyl (C=O) groups excluding carboxylic acids is 1. The van der Waals surface area contributed by atoms with Gasteiger partial charge in [0.15, 0.2) is 5.82 Å². The van der Waals surface area contributed by atoms with E-state index in [0.717, 1.165) is 37.2 Å². The van der Waals surface area contributed by atoms with Gasteiger partial charge in [0.1, 0.15) is 6.04 Å². The van der Waals surface area contributed by atoms with Crippen LogP contribution in [-0.4, -0.2) is 16.2 Å². The first-order valence-corrected chi connectivity index (χ1v) is 8.72. The predicted molar refractivity (Wildman–Crippen MR) is 89.9 cm³/mol. The molecule has 0 bridgehead atoms. The van der Waals surface area contributed by atoms with E-state index in [-0.39, 0.29) is 12.1 Å². The number of hydrogen-bond donors (Lipinski definition) is 2. The highest BCUT2D eigenvalue weighted by Crippen LogP contribution is 2.38. The Hall–Kier alpha value is -2.37. The maximum Gasteiger partial charge on any atom is 0.319 e. The zero-order chi connectivity index (χ0) is 16.5. The standard InChI is InChI=1S/C18H22N4O2/c1-11(17-21-16(22-24-17)13-9-10-13)19-18(23)20-15-8-4-6-12-5-2-3-7-14(12)15/h4,6,8,11,13H,2-3,5,7,9-10H2,1H3,(H2,19,20,23)/t11-/m0/s1. The molecule has 0 radical (unpaired) electrons. The molecule has 2 aliphatic carbocycles. The first kappa shape index (κ1) is 15.2. The van der Waals surface area contributed by atoms with Crippen LogP contribution < -0.4 is 10.6 Å². The van der Waals surface area contributed by atoms with Gasteiger partial charge in [-0.3, -0.25) is 0 Å². The normalized spacial score (nSPS) is 17.9. The Balaban J connectivity index is 1.41. The maximum absolute atomic E-state index is 12.3. The molecule has 0 spiro atoms. The molecule has 4 rings (SSSR count). The van der Waals surface area contributed by atoms with E-state index in [2.05, 4.69) is 26.8 Å². The van der Waals surface area contributed by atoms with E-state index in [4.69, 9.17) is 4.52 Å². The molecule has 1 heterocycles. The highest BCUT2D eigenvalue weighted by atomic mass is 16.5. The minimum absolute atomic E-state index is 0.243. The second-order valence-electron chi connectivity index (χ2n) is 6.74. The first-order chi connectivity index (χ1) is 11.7. The Morgan fingerprint density at radius 3 is 2.96 bits per heavy atom. The second kappa shape index (κ2) is 6.26. The van der Waals surface area contributed by atoms with Crippen molar-refractivity contribution in [3.05, 3.63) is 41.0 Å². The van der Waals surface area contributed by atoms with Gasteiger partial charge in [-0.2, -0.15) is 4.98 Å². The molecule has 0 unspecified atom stereocenters. The summed E-state index contributed by atoms with van der Waals surface area (Å²) in [6.45, 7) is 1.85. The average molecular weight is 326 g/mol. The molecule has 24 heavy (non-hydrogen) atoms. The number of fused-ring (bicyclic) bond motifs is 1. The molecule has 1 fully saturated rings. The highest BCUT2D eigenvalue weighted by Gasteiger charge is 2.29. The third-order valence-electron chi connectivity index (χ3n) is 4.76. The SMILES string of the molecule is C[C@H](NC(=O)Nc1cccc2c1CCCC2)c1nc(C2CC2)no1. The van der Waals surface area contributed by atoms with Crippen LogP contribution in [0, 0.1) is 0 Å². The lowest BCUT2D eigenvalue weighted by Crippen LogP contribution is -2.31. The third-order valence-corrected chi connectivity index (χ3v) is 4.76. The second-order valence-corrected chi connectivity index (χ2v) is 6.74. The summed E-state index contributed by atoms with van der Waals surface area (Å²) < 4.78 is 5.27. The number of hydrogen-bond acceptors (Lipinski definition) is 4. The lowest BCUT2D eigenvalue weighted by Gasteiger charge is -2.20. The van der Waals surface area contributed by atoms with Gasteiger partial charge in [-0.15, -0.1) is 0 Å². The topological polar surface area (TPSA) is 80.0 Å². The van der Waals surface area contributed by atoms with E-state index in [9.17, 15) is 4.79 Å². The van der Waals surface area contributed by atoms with E-state index in [1.807, 2.05) is 19.1 Å². The van der Waals surface area contributed by atoms with Crippen molar-refractivity contribution in [2.75, 3.05) is 5.32 Å². The van der Waals surface area contributed by atoms with Crippen molar-refractivity contribution >= 4 is 11.7 Å². The van der Waals surface area contributed by atoms with Gasteiger partial charge in [-0.05, 0) is 62.6 Å². The molecule has 2 amide bonds. The number of benzene rings is 1. The van der Waals surface area contributed by atoms with Crippen molar-refractivity contribution in [1.29, 1.82) is 0 Å². The van der Waals surface area contributed by atoms with Crippen LogP contribution in [-0.2, 0) is 12.8 Å². The fraction of sp³-hybridized carbons (Fsp3) is 0.500. The summed E-state index contributed by atoms with van der Waals surface area (Å²) in [5.74, 6) is 1.66. The monoisotopic (exact) mass is 326 g/mol. The number of amides is 2. The summed E-state index contributed by atoms with van der Waals surface area (Å²) in [5.41, 5.74) is 3.51. The summed E-state index contributed by atoms with van der Waals surface area (Å²) in [7, 11) is 0. The predicted octanol–water partition coefficient (Wildman–Crippen LogP) is 3.71. The van der Waals surface area contributed by atoms with Gasteiger partial charge >= 0.3 is 6.03 Å². The fourth-order valence-electron chi connectivity index (χ4n) is 3.25. The van der Waals surface area contributed by atoms with E-state index < -0.39 is 0 Å². The van der Waals surface area contributed by atoms with Gasteiger partial charge in [0.2, 0.25) is 5.89 Å². The molecular formula is C18H22N4O2. The molecule has 2 aromatic rings. The van der Waals surface area contributed by atoms with Crippen LogP contribution in [0.2, 0.25) is 0 Å². The number of carbonyl (C=O) groups is 1. The molecular weight excluding hydrogens is 304 g/mol. The summed E-state index contributed by atoms with van der Waals surface area (Å²) in [6.07, 6.45) is 6.77. The van der Waals surface area contributed by atoms with E-state index in [1.165, 1.54) is 24.0 Å². The molecule has 2 N–H and O–H groups in total. The fourth-order valence-corrected chi connectivity index (χ4v) is 3.25. The van der Waals surface area contributed by atoms with Crippen molar-refractivity contribution in [2.45, 2.75) is 57.4 Å². The Kier molecular flexibility index (Phi) is 3.96. The maximum atomic E-state index is 12.3. The summed E-state index contributed by atoms with van der Waals surface area (Å²) >= 11 is 0. The van der Waals surface area contributed by atoms with Crippen LogP contribution in [0.4, 0.5) is 10.5 Å². The van der Waals surface area contributed by atoms with Gasteiger partial charge in [-0.25, -0.2) is 4.79 Å². The van der Waals surface area contributed by atoms with E-state index >= 15 is 0 Å². The summed E-state index contributed by atoms with van der Waals surface area (Å²) in [4.78, 5) is 16.7. The summed E-state index contributed by atoms with van der Waals surface area (Å²) in [5, 5.41) is 9.84. The Labute approximate surface area is 141 Å². The minimum Gasteiger partial charge on any atom is -0.337 e. The van der Waals surface area contributed by atoms with E-state index in [1.54, 1.807) is 0 Å². The zero-order valence-electron chi connectivity index (χ0n) is 13.8. The average Bonchev–Trinajstić information content (AvgIpc) is 3.32. The number of nitrogens with zero attached hydrogens (tertiary/aromatic N) is 2. The molecule has 1 aromatic heterocycles. The van der Waals surface area contributed by atoms with Crippen molar-refractivity contribution in [1.82, 2.24) is 15.5 Å².